The minimum Gasteiger partial charge on any atom is -0.241 e. The van der Waals surface area contributed by atoms with E-state index in [-0.39, 0.29) is 6.07 Å². The molecule has 1 aromatic rings. The van der Waals surface area contributed by atoms with Crippen LogP contribution in [0, 0.1) is 0 Å². The summed E-state index contributed by atoms with van der Waals surface area (Å²) in [6, 6.07) is 2.24. The third kappa shape index (κ3) is 2.07. The van der Waals surface area contributed by atoms with Gasteiger partial charge in [-0.05, 0) is 12.1 Å². The first-order valence-corrected chi connectivity index (χ1v) is 4.70. The highest BCUT2D eigenvalue weighted by Crippen LogP contribution is 3.01. The Labute approximate surface area is 65.0 Å². The number of rotatable bonds is 1. The van der Waals surface area contributed by atoms with Gasteiger partial charge in [0.1, 0.15) is 0 Å². The van der Waals surface area contributed by atoms with Crippen molar-refractivity contribution >= 4 is 10.2 Å². The first-order chi connectivity index (χ1) is 5.09. The average Bonchev–Trinajstić information content (AvgIpc) is 1.85. The largest absolute Gasteiger partial charge is 0.325 e. The van der Waals surface area contributed by atoms with Crippen molar-refractivity contribution in [3.05, 3.63) is 24.4 Å². The molecule has 0 fully saturated rings. The molecule has 12 heavy (non-hydrogen) atoms. The van der Waals surface area contributed by atoms with E-state index in [0.29, 0.717) is 6.20 Å². The van der Waals surface area contributed by atoms with Crippen LogP contribution in [0.2, 0.25) is 0 Å². The van der Waals surface area contributed by atoms with Gasteiger partial charge >= 0.3 is 10.2 Å². The molecule has 1 rings (SSSR count). The maximum Gasteiger partial charge on any atom is 0.325 e. The highest BCUT2D eigenvalue weighted by molar-refractivity contribution is 8.45. The number of aromatic nitrogens is 1. The van der Waals surface area contributed by atoms with Crippen molar-refractivity contribution in [1.82, 2.24) is 4.98 Å². The van der Waals surface area contributed by atoms with Gasteiger partial charge in [-0.2, -0.15) is 0 Å². The molecule has 0 saturated heterocycles. The summed E-state index contributed by atoms with van der Waals surface area (Å²) >= 11 is 0. The van der Waals surface area contributed by atoms with Gasteiger partial charge in [-0.25, -0.2) is 4.98 Å². The van der Waals surface area contributed by atoms with E-state index in [4.69, 9.17) is 0 Å². The van der Waals surface area contributed by atoms with E-state index in [1.165, 1.54) is 0 Å². The van der Waals surface area contributed by atoms with Crippen molar-refractivity contribution in [3.63, 3.8) is 0 Å². The molecule has 70 valence electrons. The number of hydrogen-bond donors (Lipinski definition) is 0. The van der Waals surface area contributed by atoms with E-state index < -0.39 is 15.3 Å². The molecule has 0 unspecified atom stereocenters. The maximum atomic E-state index is 11.9. The Kier molecular flexibility index (Phi) is 1.33. The van der Waals surface area contributed by atoms with Crippen molar-refractivity contribution in [1.29, 1.82) is 0 Å². The predicted octanol–water partition coefficient (Wildman–Crippen LogP) is 3.74. The van der Waals surface area contributed by atoms with Gasteiger partial charge in [0.2, 0.25) is 0 Å². The van der Waals surface area contributed by atoms with E-state index in [1.54, 1.807) is 0 Å². The first kappa shape index (κ1) is 9.24. The molecule has 0 amide bonds. The second kappa shape index (κ2) is 1.73. The van der Waals surface area contributed by atoms with Gasteiger partial charge in [-0.15, -0.1) is 0 Å². The summed E-state index contributed by atoms with van der Waals surface area (Å²) in [5.41, 5.74) is 0. The molecule has 1 aromatic heterocycles. The fraction of sp³-hybridized carbons (Fsp3) is 0. The molecule has 7 heteroatoms. The normalized spacial score (nSPS) is 18.1. The van der Waals surface area contributed by atoms with Gasteiger partial charge in [0.15, 0.2) is 5.03 Å². The van der Waals surface area contributed by atoms with Crippen molar-refractivity contribution in [2.75, 3.05) is 0 Å². The zero-order valence-corrected chi connectivity index (χ0v) is 6.37. The van der Waals surface area contributed by atoms with Crippen LogP contribution in [0.15, 0.2) is 29.4 Å². The second-order valence-electron chi connectivity index (χ2n) is 2.14. The van der Waals surface area contributed by atoms with Gasteiger partial charge in [-0.1, -0.05) is 25.5 Å². The fourth-order valence-corrected chi connectivity index (χ4v) is 1.17. The fourth-order valence-electron chi connectivity index (χ4n) is 0.575. The summed E-state index contributed by atoms with van der Waals surface area (Å²) < 4.78 is 59.4. The van der Waals surface area contributed by atoms with Gasteiger partial charge in [0, 0.05) is 6.20 Å². The van der Waals surface area contributed by atoms with Crippen LogP contribution in [0.25, 0.3) is 0 Å². The molecule has 1 heterocycles. The van der Waals surface area contributed by atoms with Gasteiger partial charge in [0.25, 0.3) is 0 Å². The zero-order valence-electron chi connectivity index (χ0n) is 5.55. The zero-order chi connectivity index (χ0) is 9.52. The summed E-state index contributed by atoms with van der Waals surface area (Å²) in [4.78, 5) is 2.57. The van der Waals surface area contributed by atoms with Gasteiger partial charge in [-0.3, -0.25) is 0 Å². The van der Waals surface area contributed by atoms with Crippen LogP contribution in [0.4, 0.5) is 19.4 Å². The summed E-state index contributed by atoms with van der Waals surface area (Å²) in [5, 5.41) is -2.10. The lowest BCUT2D eigenvalue weighted by atomic mass is 10.5. The van der Waals surface area contributed by atoms with Crippen LogP contribution in [0.1, 0.15) is 0 Å². The van der Waals surface area contributed by atoms with Crippen molar-refractivity contribution in [2.24, 2.45) is 0 Å². The van der Waals surface area contributed by atoms with Crippen LogP contribution >= 0.6 is 10.2 Å². The van der Waals surface area contributed by atoms with Crippen LogP contribution in [-0.4, -0.2) is 4.98 Å². The predicted molar refractivity (Wildman–Crippen MR) is 35.6 cm³/mol. The highest BCUT2D eigenvalue weighted by atomic mass is 32.5. The van der Waals surface area contributed by atoms with Crippen LogP contribution < -0.4 is 0 Å². The Hall–Kier alpha value is -0.850. The topological polar surface area (TPSA) is 12.9 Å². The highest BCUT2D eigenvalue weighted by Gasteiger charge is 2.66. The van der Waals surface area contributed by atoms with Gasteiger partial charge in [0.05, 0.1) is 0 Å². The smallest absolute Gasteiger partial charge is 0.241 e. The summed E-state index contributed by atoms with van der Waals surface area (Å²) in [6.07, 6.45) is 0.674. The van der Waals surface area contributed by atoms with E-state index in [2.05, 4.69) is 4.98 Å². The molecule has 0 aliphatic rings. The molecule has 0 aliphatic carbocycles. The Morgan fingerprint density at radius 2 is 1.58 bits per heavy atom. The lowest BCUT2D eigenvalue weighted by molar-refractivity contribution is 0.358. The number of halogens is 5. The maximum absolute atomic E-state index is 11.9. The van der Waals surface area contributed by atoms with Gasteiger partial charge < -0.3 is 0 Å². The SMILES string of the molecule is FS(F)(F)(F)(F)c1ccccn1. The molecule has 0 radical (unpaired) electrons. The summed E-state index contributed by atoms with van der Waals surface area (Å²) in [7, 11) is -9.54. The Balaban J connectivity index is 3.36. The van der Waals surface area contributed by atoms with Crippen molar-refractivity contribution < 1.29 is 19.4 Å². The van der Waals surface area contributed by atoms with E-state index in [0.717, 1.165) is 12.1 Å². The first-order valence-electron chi connectivity index (χ1n) is 2.75. The minimum atomic E-state index is -9.54. The van der Waals surface area contributed by atoms with Crippen LogP contribution in [0.3, 0.4) is 0 Å². The minimum absolute atomic E-state index is 0.252. The molecular weight excluding hydrogens is 201 g/mol. The van der Waals surface area contributed by atoms with Crippen molar-refractivity contribution in [2.45, 2.75) is 5.03 Å². The molecule has 0 aliphatic heterocycles. The van der Waals surface area contributed by atoms with Crippen LogP contribution in [-0.2, 0) is 0 Å². The lowest BCUT2D eigenvalue weighted by Gasteiger charge is -2.38. The Morgan fingerprint density at radius 1 is 1.00 bits per heavy atom. The quantitative estimate of drug-likeness (QED) is 0.636. The molecule has 0 atom stereocenters. The summed E-state index contributed by atoms with van der Waals surface area (Å²) in [5.74, 6) is 0. The number of pyridine rings is 1. The Bertz CT molecular complexity index is 289. The average molecular weight is 205 g/mol. The molecule has 0 aromatic carbocycles. The van der Waals surface area contributed by atoms with Crippen LogP contribution in [0.5, 0.6) is 0 Å². The standard InChI is InChI=1S/C5H4F5NS/c6-12(7,8,9,10)5-3-1-2-4-11-5/h1-4H. The monoisotopic (exact) mass is 205 g/mol. The molecule has 0 N–H and O–H groups in total. The van der Waals surface area contributed by atoms with Crippen molar-refractivity contribution in [3.8, 4) is 0 Å². The van der Waals surface area contributed by atoms with E-state index >= 15 is 0 Å². The molecular formula is C5H4F5NS. The third-order valence-corrected chi connectivity index (χ3v) is 2.06. The molecule has 0 bridgehead atoms. The third-order valence-electron chi connectivity index (χ3n) is 1.03. The molecule has 0 saturated carbocycles. The molecule has 1 nitrogen and oxygen atoms in total. The number of hydrogen-bond acceptors (Lipinski definition) is 1. The second-order valence-corrected chi connectivity index (χ2v) is 4.49. The molecule has 0 spiro atoms. The van der Waals surface area contributed by atoms with E-state index in [1.807, 2.05) is 0 Å². The number of nitrogens with zero attached hydrogens (tertiary/aromatic N) is 1. The Morgan fingerprint density at radius 3 is 1.83 bits per heavy atom. The summed E-state index contributed by atoms with van der Waals surface area (Å²) in [6.45, 7) is 0. The van der Waals surface area contributed by atoms with E-state index in [9.17, 15) is 19.4 Å². The lowest BCUT2D eigenvalue weighted by Crippen LogP contribution is -2.07.